The number of amides is 1. The summed E-state index contributed by atoms with van der Waals surface area (Å²) >= 11 is 0. The zero-order chi connectivity index (χ0) is 19.3. The SMILES string of the molecule is CCCN1CCC(c2ccc(NC(=O)C3CN(c4cccnc4)C3)cc2)CC1. The van der Waals surface area contributed by atoms with Crippen LogP contribution in [0.5, 0.6) is 0 Å². The van der Waals surface area contributed by atoms with Crippen molar-refractivity contribution in [3.63, 3.8) is 0 Å². The molecule has 0 atom stereocenters. The maximum Gasteiger partial charge on any atom is 0.231 e. The van der Waals surface area contributed by atoms with E-state index in [-0.39, 0.29) is 11.8 Å². The Morgan fingerprint density at radius 3 is 2.54 bits per heavy atom. The van der Waals surface area contributed by atoms with Crippen molar-refractivity contribution in [1.82, 2.24) is 9.88 Å². The molecule has 0 unspecified atom stereocenters. The molecule has 28 heavy (non-hydrogen) atoms. The molecule has 2 aliphatic heterocycles. The monoisotopic (exact) mass is 378 g/mol. The Bertz CT molecular complexity index is 763. The van der Waals surface area contributed by atoms with E-state index in [0.717, 1.165) is 24.5 Å². The van der Waals surface area contributed by atoms with Crippen molar-refractivity contribution in [3.8, 4) is 0 Å². The van der Waals surface area contributed by atoms with Crippen LogP contribution >= 0.6 is 0 Å². The van der Waals surface area contributed by atoms with E-state index in [2.05, 4.69) is 51.3 Å². The second kappa shape index (κ2) is 8.74. The number of anilines is 2. The third-order valence-corrected chi connectivity index (χ3v) is 6.04. The summed E-state index contributed by atoms with van der Waals surface area (Å²) in [6.07, 6.45) is 7.32. The molecule has 5 heteroatoms. The van der Waals surface area contributed by atoms with Crippen molar-refractivity contribution in [3.05, 3.63) is 54.4 Å². The maximum absolute atomic E-state index is 12.5. The summed E-state index contributed by atoms with van der Waals surface area (Å²) in [7, 11) is 0. The van der Waals surface area contributed by atoms with Crippen molar-refractivity contribution in [2.24, 2.45) is 5.92 Å². The van der Waals surface area contributed by atoms with Crippen LogP contribution in [0.1, 0.15) is 37.7 Å². The van der Waals surface area contributed by atoms with E-state index >= 15 is 0 Å². The van der Waals surface area contributed by atoms with Gasteiger partial charge in [-0.1, -0.05) is 19.1 Å². The number of nitrogens with zero attached hydrogens (tertiary/aromatic N) is 3. The van der Waals surface area contributed by atoms with Crippen LogP contribution in [0.25, 0.3) is 0 Å². The minimum atomic E-state index is 0.0442. The Hall–Kier alpha value is -2.40. The van der Waals surface area contributed by atoms with E-state index in [0.29, 0.717) is 5.92 Å². The first-order valence-electron chi connectivity index (χ1n) is 10.5. The topological polar surface area (TPSA) is 48.5 Å². The van der Waals surface area contributed by atoms with Crippen LogP contribution < -0.4 is 10.2 Å². The number of hydrogen-bond donors (Lipinski definition) is 1. The number of carbonyl (C=O) groups excluding carboxylic acids is 1. The van der Waals surface area contributed by atoms with E-state index in [9.17, 15) is 4.79 Å². The van der Waals surface area contributed by atoms with Gasteiger partial charge in [0.25, 0.3) is 0 Å². The first-order valence-corrected chi connectivity index (χ1v) is 10.5. The van der Waals surface area contributed by atoms with Gasteiger partial charge in [0.05, 0.1) is 17.8 Å². The molecule has 0 aliphatic carbocycles. The van der Waals surface area contributed by atoms with Gasteiger partial charge in [0.2, 0.25) is 5.91 Å². The van der Waals surface area contributed by atoms with Gasteiger partial charge in [-0.05, 0) is 74.6 Å². The number of nitrogens with one attached hydrogen (secondary N) is 1. The number of likely N-dealkylation sites (tertiary alicyclic amines) is 1. The first-order chi connectivity index (χ1) is 13.7. The van der Waals surface area contributed by atoms with Gasteiger partial charge in [0, 0.05) is 25.0 Å². The summed E-state index contributed by atoms with van der Waals surface area (Å²) in [6, 6.07) is 12.5. The molecule has 0 spiro atoms. The fraction of sp³-hybridized carbons (Fsp3) is 0.478. The lowest BCUT2D eigenvalue weighted by atomic mass is 9.89. The fourth-order valence-electron chi connectivity index (χ4n) is 4.29. The standard InChI is InChI=1S/C23H30N4O/c1-2-12-26-13-9-19(10-14-26)18-5-7-21(8-6-18)25-23(28)20-16-27(17-20)22-4-3-11-24-15-22/h3-8,11,15,19-20H,2,9-10,12-14,16-17H2,1H3,(H,25,28). The molecule has 2 aromatic rings. The lowest BCUT2D eigenvalue weighted by molar-refractivity contribution is -0.120. The number of rotatable bonds is 6. The fourth-order valence-corrected chi connectivity index (χ4v) is 4.29. The highest BCUT2D eigenvalue weighted by Gasteiger charge is 2.33. The van der Waals surface area contributed by atoms with Crippen molar-refractivity contribution < 1.29 is 4.79 Å². The van der Waals surface area contributed by atoms with E-state index in [1.165, 1.54) is 44.5 Å². The minimum absolute atomic E-state index is 0.0442. The number of carbonyl (C=O) groups is 1. The van der Waals surface area contributed by atoms with E-state index in [1.807, 2.05) is 18.3 Å². The predicted octanol–water partition coefficient (Wildman–Crippen LogP) is 3.75. The summed E-state index contributed by atoms with van der Waals surface area (Å²) in [4.78, 5) is 21.4. The summed E-state index contributed by atoms with van der Waals surface area (Å²) in [5.74, 6) is 0.807. The number of pyridine rings is 1. The van der Waals surface area contributed by atoms with Gasteiger partial charge in [0.15, 0.2) is 0 Å². The molecule has 5 nitrogen and oxygen atoms in total. The smallest absolute Gasteiger partial charge is 0.231 e. The molecule has 1 aromatic heterocycles. The van der Waals surface area contributed by atoms with Gasteiger partial charge < -0.3 is 15.1 Å². The second-order valence-corrected chi connectivity index (χ2v) is 8.04. The lowest BCUT2D eigenvalue weighted by Crippen LogP contribution is -2.52. The second-order valence-electron chi connectivity index (χ2n) is 8.04. The van der Waals surface area contributed by atoms with Crippen molar-refractivity contribution in [1.29, 1.82) is 0 Å². The van der Waals surface area contributed by atoms with Crippen LogP contribution in [0.15, 0.2) is 48.8 Å². The maximum atomic E-state index is 12.5. The van der Waals surface area contributed by atoms with Crippen LogP contribution in [0.3, 0.4) is 0 Å². The molecule has 0 bridgehead atoms. The molecule has 3 heterocycles. The molecule has 2 fully saturated rings. The molecule has 4 rings (SSSR count). The minimum Gasteiger partial charge on any atom is -0.369 e. The molecule has 0 radical (unpaired) electrons. The van der Waals surface area contributed by atoms with E-state index < -0.39 is 0 Å². The quantitative estimate of drug-likeness (QED) is 0.832. The average molecular weight is 379 g/mol. The molecule has 1 amide bonds. The zero-order valence-electron chi connectivity index (χ0n) is 16.7. The Labute approximate surface area is 167 Å². The van der Waals surface area contributed by atoms with Gasteiger partial charge >= 0.3 is 0 Å². The first kappa shape index (κ1) is 18.9. The largest absolute Gasteiger partial charge is 0.369 e. The van der Waals surface area contributed by atoms with Crippen molar-refractivity contribution >= 4 is 17.3 Å². The number of aromatic nitrogens is 1. The van der Waals surface area contributed by atoms with Crippen LogP contribution in [0.2, 0.25) is 0 Å². The summed E-state index contributed by atoms with van der Waals surface area (Å²) in [6.45, 7) is 7.38. The highest BCUT2D eigenvalue weighted by atomic mass is 16.2. The predicted molar refractivity (Wildman–Crippen MR) is 114 cm³/mol. The summed E-state index contributed by atoms with van der Waals surface area (Å²) < 4.78 is 0. The molecule has 2 saturated heterocycles. The van der Waals surface area contributed by atoms with Gasteiger partial charge in [-0.2, -0.15) is 0 Å². The molecule has 1 N–H and O–H groups in total. The zero-order valence-corrected chi connectivity index (χ0v) is 16.7. The normalized spacial score (nSPS) is 18.7. The van der Waals surface area contributed by atoms with Gasteiger partial charge in [-0.3, -0.25) is 9.78 Å². The van der Waals surface area contributed by atoms with Crippen molar-refractivity contribution in [2.75, 3.05) is 42.9 Å². The van der Waals surface area contributed by atoms with Gasteiger partial charge in [-0.25, -0.2) is 0 Å². The summed E-state index contributed by atoms with van der Waals surface area (Å²) in [5.41, 5.74) is 3.39. The Morgan fingerprint density at radius 2 is 1.89 bits per heavy atom. The van der Waals surface area contributed by atoms with Gasteiger partial charge in [0.1, 0.15) is 0 Å². The summed E-state index contributed by atoms with van der Waals surface area (Å²) in [5, 5.41) is 3.08. The van der Waals surface area contributed by atoms with Crippen molar-refractivity contribution in [2.45, 2.75) is 32.1 Å². The van der Waals surface area contributed by atoms with Crippen LogP contribution in [-0.2, 0) is 4.79 Å². The van der Waals surface area contributed by atoms with E-state index in [1.54, 1.807) is 6.20 Å². The Kier molecular flexibility index (Phi) is 5.91. The van der Waals surface area contributed by atoms with Crippen LogP contribution in [0, 0.1) is 5.92 Å². The lowest BCUT2D eigenvalue weighted by Gasteiger charge is -2.39. The number of hydrogen-bond acceptors (Lipinski definition) is 4. The van der Waals surface area contributed by atoms with E-state index in [4.69, 9.17) is 0 Å². The van der Waals surface area contributed by atoms with Crippen LogP contribution in [-0.4, -0.2) is 48.5 Å². The Balaban J connectivity index is 1.25. The highest BCUT2D eigenvalue weighted by Crippen LogP contribution is 2.29. The molecule has 0 saturated carbocycles. The third kappa shape index (κ3) is 4.36. The average Bonchev–Trinajstić information content (AvgIpc) is 2.69. The number of piperidine rings is 1. The molecule has 1 aromatic carbocycles. The molecular weight excluding hydrogens is 348 g/mol. The van der Waals surface area contributed by atoms with Crippen LogP contribution in [0.4, 0.5) is 11.4 Å². The number of benzene rings is 1. The van der Waals surface area contributed by atoms with Gasteiger partial charge in [-0.15, -0.1) is 0 Å². The molecule has 148 valence electrons. The molecular formula is C23H30N4O. The highest BCUT2D eigenvalue weighted by molar-refractivity contribution is 5.94. The molecule has 2 aliphatic rings. The Morgan fingerprint density at radius 1 is 1.14 bits per heavy atom. The third-order valence-electron chi connectivity index (χ3n) is 6.04.